The molecule has 0 atom stereocenters. The highest BCUT2D eigenvalue weighted by Gasteiger charge is 2.21. The molecule has 0 spiro atoms. The van der Waals surface area contributed by atoms with E-state index in [9.17, 15) is 4.79 Å². The van der Waals surface area contributed by atoms with E-state index in [1.54, 1.807) is 0 Å². The third-order valence-corrected chi connectivity index (χ3v) is 4.24. The Labute approximate surface area is 110 Å². The Bertz CT molecular complexity index is 854. The third kappa shape index (κ3) is 1.35. The maximum Gasteiger partial charge on any atom is 0.360 e. The second-order valence-corrected chi connectivity index (χ2v) is 5.30. The van der Waals surface area contributed by atoms with Crippen molar-refractivity contribution in [3.63, 3.8) is 0 Å². The number of benzene rings is 1. The Morgan fingerprint density at radius 2 is 1.95 bits per heavy atom. The largest absolute Gasteiger partial charge is 0.426 e. The fraction of sp³-hybridized carbons (Fsp3) is 0.312. The number of rotatable bonds is 0. The van der Waals surface area contributed by atoms with Crippen LogP contribution in [-0.4, -0.2) is 4.57 Å². The molecule has 0 bridgehead atoms. The number of fused-ring (bicyclic) bond motifs is 5. The highest BCUT2D eigenvalue weighted by molar-refractivity contribution is 6.09. The lowest BCUT2D eigenvalue weighted by atomic mass is 9.93. The molecule has 0 fully saturated rings. The quantitative estimate of drug-likeness (QED) is 0.617. The monoisotopic (exact) mass is 253 g/mol. The molecule has 1 aromatic carbocycles. The highest BCUT2D eigenvalue weighted by Crippen LogP contribution is 2.33. The molecule has 0 amide bonds. The topological polar surface area (TPSA) is 35.1 Å². The van der Waals surface area contributed by atoms with Gasteiger partial charge in [-0.15, -0.1) is 0 Å². The van der Waals surface area contributed by atoms with Crippen LogP contribution in [0.1, 0.15) is 24.2 Å². The number of hydrogen-bond acceptors (Lipinski definition) is 2. The van der Waals surface area contributed by atoms with Crippen molar-refractivity contribution in [3.05, 3.63) is 46.0 Å². The fourth-order valence-electron chi connectivity index (χ4n) is 3.35. The van der Waals surface area contributed by atoms with Crippen molar-refractivity contribution < 1.29 is 4.42 Å². The Morgan fingerprint density at radius 3 is 2.84 bits per heavy atom. The summed E-state index contributed by atoms with van der Waals surface area (Å²) >= 11 is 0. The number of aromatic nitrogens is 1. The predicted molar refractivity (Wildman–Crippen MR) is 75.6 cm³/mol. The lowest BCUT2D eigenvalue weighted by molar-refractivity contribution is 0.434. The van der Waals surface area contributed by atoms with Gasteiger partial charge in [0, 0.05) is 35.3 Å². The first-order valence-electron chi connectivity index (χ1n) is 6.79. The minimum absolute atomic E-state index is 0.200. The molecule has 3 heteroatoms. The fourth-order valence-corrected chi connectivity index (χ4v) is 3.35. The molecule has 19 heavy (non-hydrogen) atoms. The van der Waals surface area contributed by atoms with E-state index in [-0.39, 0.29) is 5.63 Å². The number of nitrogens with zero attached hydrogens (tertiary/aromatic N) is 1. The summed E-state index contributed by atoms with van der Waals surface area (Å²) in [5, 5.41) is 2.29. The van der Waals surface area contributed by atoms with Crippen molar-refractivity contribution in [2.75, 3.05) is 0 Å². The Morgan fingerprint density at radius 1 is 1.16 bits per heavy atom. The van der Waals surface area contributed by atoms with Crippen molar-refractivity contribution in [1.29, 1.82) is 0 Å². The SMILES string of the molecule is Cn1c2ccccc2c2c3c(oc(=O)c21)CCCC3. The van der Waals surface area contributed by atoms with Crippen LogP contribution in [0.3, 0.4) is 0 Å². The van der Waals surface area contributed by atoms with Crippen LogP contribution in [0.2, 0.25) is 0 Å². The molecule has 0 radical (unpaired) electrons. The lowest BCUT2D eigenvalue weighted by Gasteiger charge is -2.14. The average Bonchev–Trinajstić information content (AvgIpc) is 2.74. The molecule has 4 rings (SSSR count). The standard InChI is InChI=1S/C16H15NO2/c1-17-12-8-4-2-6-10(12)14-11-7-3-5-9-13(11)19-16(18)15(14)17/h2,4,6,8H,3,5,7,9H2,1H3. The Balaban J connectivity index is 2.32. The molecule has 96 valence electrons. The van der Waals surface area contributed by atoms with Gasteiger partial charge in [-0.25, -0.2) is 4.79 Å². The normalized spacial score (nSPS) is 15.0. The molecular formula is C16H15NO2. The number of para-hydroxylation sites is 1. The minimum atomic E-state index is -0.200. The van der Waals surface area contributed by atoms with Gasteiger partial charge >= 0.3 is 5.63 Å². The Hall–Kier alpha value is -2.03. The number of hydrogen-bond donors (Lipinski definition) is 0. The van der Waals surface area contributed by atoms with Gasteiger partial charge in [0.2, 0.25) is 0 Å². The summed E-state index contributed by atoms with van der Waals surface area (Å²) in [6, 6.07) is 8.21. The first kappa shape index (κ1) is 10.9. The van der Waals surface area contributed by atoms with E-state index < -0.39 is 0 Å². The van der Waals surface area contributed by atoms with E-state index in [0.29, 0.717) is 5.52 Å². The summed E-state index contributed by atoms with van der Waals surface area (Å²) in [5.41, 5.74) is 2.86. The van der Waals surface area contributed by atoms with Crippen molar-refractivity contribution in [2.45, 2.75) is 25.7 Å². The van der Waals surface area contributed by atoms with Gasteiger partial charge in [0.05, 0.1) is 0 Å². The lowest BCUT2D eigenvalue weighted by Crippen LogP contribution is -2.12. The summed E-state index contributed by atoms with van der Waals surface area (Å²) in [5.74, 6) is 0.903. The van der Waals surface area contributed by atoms with Gasteiger partial charge in [0.15, 0.2) is 0 Å². The third-order valence-electron chi connectivity index (χ3n) is 4.24. The molecule has 2 aromatic heterocycles. The van der Waals surface area contributed by atoms with Crippen molar-refractivity contribution in [3.8, 4) is 0 Å². The molecule has 2 heterocycles. The van der Waals surface area contributed by atoms with Gasteiger partial charge in [-0.2, -0.15) is 0 Å². The van der Waals surface area contributed by atoms with E-state index in [1.807, 2.05) is 23.7 Å². The molecule has 0 N–H and O–H groups in total. The van der Waals surface area contributed by atoms with E-state index in [0.717, 1.165) is 35.9 Å². The van der Waals surface area contributed by atoms with Crippen molar-refractivity contribution in [2.24, 2.45) is 7.05 Å². The van der Waals surface area contributed by atoms with Gasteiger partial charge in [-0.3, -0.25) is 0 Å². The second kappa shape index (κ2) is 3.73. The van der Waals surface area contributed by atoms with Crippen LogP contribution in [-0.2, 0) is 19.9 Å². The van der Waals surface area contributed by atoms with Crippen LogP contribution in [0, 0.1) is 0 Å². The maximum absolute atomic E-state index is 12.3. The van der Waals surface area contributed by atoms with Gasteiger partial charge in [0.25, 0.3) is 0 Å². The van der Waals surface area contributed by atoms with Gasteiger partial charge in [0.1, 0.15) is 11.3 Å². The highest BCUT2D eigenvalue weighted by atomic mass is 16.4. The molecule has 0 unspecified atom stereocenters. The van der Waals surface area contributed by atoms with E-state index in [4.69, 9.17) is 4.42 Å². The number of aryl methyl sites for hydroxylation is 3. The van der Waals surface area contributed by atoms with Crippen LogP contribution in [0.5, 0.6) is 0 Å². The summed E-state index contributed by atoms with van der Waals surface area (Å²) in [7, 11) is 1.94. The van der Waals surface area contributed by atoms with Gasteiger partial charge in [-0.1, -0.05) is 18.2 Å². The first-order chi connectivity index (χ1) is 9.27. The van der Waals surface area contributed by atoms with Gasteiger partial charge < -0.3 is 8.98 Å². The molecule has 0 saturated heterocycles. The molecule has 1 aliphatic carbocycles. The molecule has 1 aliphatic rings. The summed E-state index contributed by atoms with van der Waals surface area (Å²) in [6.07, 6.45) is 4.21. The molecule has 0 aliphatic heterocycles. The zero-order chi connectivity index (χ0) is 13.0. The summed E-state index contributed by atoms with van der Waals surface area (Å²) < 4.78 is 7.51. The maximum atomic E-state index is 12.3. The van der Waals surface area contributed by atoms with E-state index >= 15 is 0 Å². The molecule has 3 aromatic rings. The predicted octanol–water partition coefficient (Wildman–Crippen LogP) is 3.16. The zero-order valence-corrected chi connectivity index (χ0v) is 10.9. The van der Waals surface area contributed by atoms with Crippen LogP contribution >= 0.6 is 0 Å². The minimum Gasteiger partial charge on any atom is -0.426 e. The van der Waals surface area contributed by atoms with E-state index in [1.165, 1.54) is 17.4 Å². The smallest absolute Gasteiger partial charge is 0.360 e. The molecule has 3 nitrogen and oxygen atoms in total. The average molecular weight is 253 g/mol. The van der Waals surface area contributed by atoms with Crippen LogP contribution in [0.15, 0.2) is 33.5 Å². The zero-order valence-electron chi connectivity index (χ0n) is 10.9. The summed E-state index contributed by atoms with van der Waals surface area (Å²) in [4.78, 5) is 12.3. The summed E-state index contributed by atoms with van der Waals surface area (Å²) in [6.45, 7) is 0. The van der Waals surface area contributed by atoms with Crippen molar-refractivity contribution in [1.82, 2.24) is 4.57 Å². The van der Waals surface area contributed by atoms with Crippen LogP contribution in [0.4, 0.5) is 0 Å². The Kier molecular flexibility index (Phi) is 2.13. The van der Waals surface area contributed by atoms with Crippen LogP contribution < -0.4 is 5.63 Å². The van der Waals surface area contributed by atoms with Gasteiger partial charge in [-0.05, 0) is 25.3 Å². The molecule has 0 saturated carbocycles. The second-order valence-electron chi connectivity index (χ2n) is 5.30. The molecular weight excluding hydrogens is 238 g/mol. The van der Waals surface area contributed by atoms with E-state index in [2.05, 4.69) is 12.1 Å². The first-order valence-corrected chi connectivity index (χ1v) is 6.79. The van der Waals surface area contributed by atoms with Crippen LogP contribution in [0.25, 0.3) is 21.8 Å². The van der Waals surface area contributed by atoms with Crippen molar-refractivity contribution >= 4 is 21.8 Å².